The summed E-state index contributed by atoms with van der Waals surface area (Å²) < 4.78 is 0. The van der Waals surface area contributed by atoms with E-state index in [0.29, 0.717) is 25.1 Å². The summed E-state index contributed by atoms with van der Waals surface area (Å²) in [5.74, 6) is 0.931. The minimum absolute atomic E-state index is 0.194. The van der Waals surface area contributed by atoms with Crippen LogP contribution >= 0.6 is 0 Å². The summed E-state index contributed by atoms with van der Waals surface area (Å²) in [6, 6.07) is 10.3. The van der Waals surface area contributed by atoms with Crippen molar-refractivity contribution in [1.82, 2.24) is 9.88 Å². The van der Waals surface area contributed by atoms with E-state index in [0.717, 1.165) is 41.8 Å². The molecular weight excluding hydrogens is 300 g/mol. The number of hydrogen-bond acceptors (Lipinski definition) is 4. The van der Waals surface area contributed by atoms with E-state index in [2.05, 4.69) is 11.0 Å². The van der Waals surface area contributed by atoms with Gasteiger partial charge in [0.2, 0.25) is 5.91 Å². The molecule has 1 aromatic heterocycles. The average Bonchev–Trinajstić information content (AvgIpc) is 2.85. The lowest BCUT2D eigenvalue weighted by molar-refractivity contribution is -0.130. The van der Waals surface area contributed by atoms with Gasteiger partial charge in [-0.05, 0) is 31.0 Å². The van der Waals surface area contributed by atoms with E-state index >= 15 is 0 Å². The molecule has 0 saturated carbocycles. The van der Waals surface area contributed by atoms with Crippen molar-refractivity contribution < 1.29 is 4.79 Å². The van der Waals surface area contributed by atoms with E-state index in [4.69, 9.17) is 4.98 Å². The highest BCUT2D eigenvalue weighted by Gasteiger charge is 2.21. The first-order valence-electron chi connectivity index (χ1n) is 8.46. The number of nitrogens with zero attached hydrogens (tertiary/aromatic N) is 4. The van der Waals surface area contributed by atoms with Crippen LogP contribution < -0.4 is 4.90 Å². The third kappa shape index (κ3) is 3.18. The highest BCUT2D eigenvalue weighted by molar-refractivity contribution is 5.83. The molecule has 2 aromatic rings. The fourth-order valence-electron chi connectivity index (χ4n) is 3.19. The number of hydrogen-bond donors (Lipinski definition) is 0. The Kier molecular flexibility index (Phi) is 4.66. The number of carbonyl (C=O) groups excluding carboxylic acids is 1. The van der Waals surface area contributed by atoms with Crippen LogP contribution in [0.5, 0.6) is 0 Å². The quantitative estimate of drug-likeness (QED) is 0.853. The summed E-state index contributed by atoms with van der Waals surface area (Å²) in [6.07, 6.45) is 1.43. The third-order valence-corrected chi connectivity index (χ3v) is 4.52. The van der Waals surface area contributed by atoms with Crippen LogP contribution in [-0.2, 0) is 4.79 Å². The molecule has 24 heavy (non-hydrogen) atoms. The van der Waals surface area contributed by atoms with Gasteiger partial charge in [-0.1, -0.05) is 19.1 Å². The summed E-state index contributed by atoms with van der Waals surface area (Å²) in [4.78, 5) is 20.8. The molecule has 5 heteroatoms. The largest absolute Gasteiger partial charge is 0.354 e. The molecule has 1 aliphatic rings. The molecule has 1 saturated heterocycles. The maximum absolute atomic E-state index is 11.9. The van der Waals surface area contributed by atoms with E-state index in [9.17, 15) is 10.1 Å². The van der Waals surface area contributed by atoms with E-state index in [1.165, 1.54) is 0 Å². The number of pyridine rings is 1. The van der Waals surface area contributed by atoms with Crippen molar-refractivity contribution in [3.63, 3.8) is 0 Å². The lowest BCUT2D eigenvalue weighted by atomic mass is 10.1. The molecule has 0 atom stereocenters. The zero-order valence-electron chi connectivity index (χ0n) is 14.2. The Balaban J connectivity index is 1.93. The minimum Gasteiger partial charge on any atom is -0.354 e. The molecule has 0 N–H and O–H groups in total. The molecule has 3 rings (SSSR count). The molecule has 0 aliphatic carbocycles. The van der Waals surface area contributed by atoms with E-state index in [1.807, 2.05) is 43.0 Å². The lowest BCUT2D eigenvalue weighted by Crippen LogP contribution is -2.35. The molecule has 0 spiro atoms. The van der Waals surface area contributed by atoms with Crippen molar-refractivity contribution in [2.75, 3.05) is 31.1 Å². The standard InChI is InChI=1S/C19H22N4O/c1-3-18(24)22-7-4-8-23(10-9-22)19-16(13-20)12-15-6-5-14(2)11-17(15)21-19/h5-6,11-12H,3-4,7-10H2,1-2H3. The second kappa shape index (κ2) is 6.88. The Hall–Kier alpha value is -2.61. The van der Waals surface area contributed by atoms with Crippen molar-refractivity contribution in [2.45, 2.75) is 26.7 Å². The molecule has 0 radical (unpaired) electrons. The number of aromatic nitrogens is 1. The van der Waals surface area contributed by atoms with Gasteiger partial charge in [0.25, 0.3) is 0 Å². The van der Waals surface area contributed by atoms with Crippen molar-refractivity contribution in [1.29, 1.82) is 5.26 Å². The van der Waals surface area contributed by atoms with Gasteiger partial charge in [0.05, 0.1) is 11.1 Å². The highest BCUT2D eigenvalue weighted by Crippen LogP contribution is 2.25. The fourth-order valence-corrected chi connectivity index (χ4v) is 3.19. The molecule has 1 amide bonds. The summed E-state index contributed by atoms with van der Waals surface area (Å²) in [7, 11) is 0. The van der Waals surface area contributed by atoms with E-state index in [-0.39, 0.29) is 5.91 Å². The number of carbonyl (C=O) groups is 1. The monoisotopic (exact) mass is 322 g/mol. The molecule has 0 bridgehead atoms. The van der Waals surface area contributed by atoms with Gasteiger partial charge < -0.3 is 9.80 Å². The van der Waals surface area contributed by atoms with Crippen molar-refractivity contribution in [3.8, 4) is 6.07 Å². The number of aryl methyl sites for hydroxylation is 1. The van der Waals surface area contributed by atoms with Crippen LogP contribution in [0.15, 0.2) is 24.3 Å². The minimum atomic E-state index is 0.194. The van der Waals surface area contributed by atoms with Gasteiger partial charge in [-0.3, -0.25) is 4.79 Å². The van der Waals surface area contributed by atoms with Crippen molar-refractivity contribution in [2.24, 2.45) is 0 Å². The van der Waals surface area contributed by atoms with Crippen molar-refractivity contribution >= 4 is 22.6 Å². The molecule has 5 nitrogen and oxygen atoms in total. The zero-order chi connectivity index (χ0) is 17.1. The number of benzene rings is 1. The zero-order valence-corrected chi connectivity index (χ0v) is 14.2. The molecule has 1 aliphatic heterocycles. The SMILES string of the molecule is CCC(=O)N1CCCN(c2nc3cc(C)ccc3cc2C#N)CC1. The van der Waals surface area contributed by atoms with Gasteiger partial charge in [0.1, 0.15) is 11.9 Å². The first-order valence-corrected chi connectivity index (χ1v) is 8.46. The molecule has 0 unspecified atom stereocenters. The second-order valence-electron chi connectivity index (χ2n) is 6.24. The Morgan fingerprint density at radius 2 is 2.08 bits per heavy atom. The Morgan fingerprint density at radius 3 is 2.83 bits per heavy atom. The van der Waals surface area contributed by atoms with E-state index < -0.39 is 0 Å². The number of anilines is 1. The topological polar surface area (TPSA) is 60.2 Å². The van der Waals surface area contributed by atoms with Crippen LogP contribution in [0.3, 0.4) is 0 Å². The smallest absolute Gasteiger partial charge is 0.222 e. The summed E-state index contributed by atoms with van der Waals surface area (Å²) in [5, 5.41) is 10.5. The molecule has 124 valence electrons. The average molecular weight is 322 g/mol. The molecule has 1 aromatic carbocycles. The lowest BCUT2D eigenvalue weighted by Gasteiger charge is -2.23. The maximum Gasteiger partial charge on any atom is 0.222 e. The highest BCUT2D eigenvalue weighted by atomic mass is 16.2. The third-order valence-electron chi connectivity index (χ3n) is 4.52. The Labute approximate surface area is 142 Å². The van der Waals surface area contributed by atoms with Gasteiger partial charge in [-0.25, -0.2) is 4.98 Å². The Bertz CT molecular complexity index is 809. The predicted octanol–water partition coefficient (Wildman–Crippen LogP) is 2.86. The van der Waals surface area contributed by atoms with Crippen LogP contribution in [0, 0.1) is 18.3 Å². The predicted molar refractivity (Wildman–Crippen MR) is 94.9 cm³/mol. The summed E-state index contributed by atoms with van der Waals surface area (Å²) >= 11 is 0. The normalized spacial score (nSPS) is 15.2. The van der Waals surface area contributed by atoms with Crippen LogP contribution in [0.1, 0.15) is 30.9 Å². The van der Waals surface area contributed by atoms with Crippen LogP contribution in [0.4, 0.5) is 5.82 Å². The number of fused-ring (bicyclic) bond motifs is 1. The first kappa shape index (κ1) is 16.3. The van der Waals surface area contributed by atoms with Gasteiger partial charge in [-0.15, -0.1) is 0 Å². The first-order chi connectivity index (χ1) is 11.6. The van der Waals surface area contributed by atoms with Gasteiger partial charge in [-0.2, -0.15) is 5.26 Å². The molecule has 2 heterocycles. The number of nitriles is 1. The van der Waals surface area contributed by atoms with Crippen LogP contribution in [-0.4, -0.2) is 42.0 Å². The van der Waals surface area contributed by atoms with E-state index in [1.54, 1.807) is 0 Å². The fraction of sp³-hybridized carbons (Fsp3) is 0.421. The van der Waals surface area contributed by atoms with Crippen LogP contribution in [0.2, 0.25) is 0 Å². The maximum atomic E-state index is 11.9. The number of rotatable bonds is 2. The Morgan fingerprint density at radius 1 is 1.25 bits per heavy atom. The van der Waals surface area contributed by atoms with Crippen LogP contribution in [0.25, 0.3) is 10.9 Å². The summed E-state index contributed by atoms with van der Waals surface area (Å²) in [6.45, 7) is 6.92. The number of amides is 1. The van der Waals surface area contributed by atoms with Crippen molar-refractivity contribution in [3.05, 3.63) is 35.4 Å². The molecular formula is C19H22N4O. The van der Waals surface area contributed by atoms with Gasteiger partial charge in [0, 0.05) is 38.0 Å². The summed E-state index contributed by atoms with van der Waals surface area (Å²) in [5.41, 5.74) is 2.66. The van der Waals surface area contributed by atoms with Gasteiger partial charge >= 0.3 is 0 Å². The van der Waals surface area contributed by atoms with Gasteiger partial charge in [0.15, 0.2) is 0 Å². The second-order valence-corrected chi connectivity index (χ2v) is 6.24. The molecule has 1 fully saturated rings.